The number of carbonyl (C=O) groups excluding carboxylic acids is 4. The van der Waals surface area contributed by atoms with Crippen LogP contribution in [0.3, 0.4) is 0 Å². The molecule has 0 radical (unpaired) electrons. The Kier molecular flexibility index (Phi) is 60.2. The molecule has 0 spiro atoms. The van der Waals surface area contributed by atoms with E-state index in [2.05, 4.69) is 34.6 Å². The Bertz CT molecular complexity index is 1690. The highest BCUT2D eigenvalue weighted by Gasteiger charge is 2.30. The van der Waals surface area contributed by atoms with Gasteiger partial charge < -0.3 is 33.8 Å². The molecule has 0 aliphatic carbocycles. The van der Waals surface area contributed by atoms with Crippen molar-refractivity contribution in [3.05, 3.63) is 0 Å². The molecule has 2 unspecified atom stereocenters. The van der Waals surface area contributed by atoms with Crippen LogP contribution in [0.15, 0.2) is 0 Å². The molecule has 0 fully saturated rings. The molecule has 0 aromatic rings. The molecule has 0 bridgehead atoms. The van der Waals surface area contributed by atoms with Crippen LogP contribution in [0, 0.1) is 5.92 Å². The molecule has 87 heavy (non-hydrogen) atoms. The summed E-state index contributed by atoms with van der Waals surface area (Å²) in [7, 11) is -9.89. The number of rotatable bonds is 68. The first-order valence-electron chi connectivity index (χ1n) is 35.6. The van der Waals surface area contributed by atoms with Crippen LogP contribution in [0.25, 0.3) is 0 Å². The van der Waals surface area contributed by atoms with Crippen LogP contribution in [0.4, 0.5) is 0 Å². The molecule has 19 heteroatoms. The smallest absolute Gasteiger partial charge is 0.462 e. The van der Waals surface area contributed by atoms with Crippen molar-refractivity contribution in [1.82, 2.24) is 0 Å². The summed E-state index contributed by atoms with van der Waals surface area (Å²) in [6, 6.07) is 0. The minimum Gasteiger partial charge on any atom is -0.462 e. The number of aliphatic hydroxyl groups is 1. The van der Waals surface area contributed by atoms with Crippen LogP contribution in [-0.4, -0.2) is 96.7 Å². The first-order valence-corrected chi connectivity index (χ1v) is 38.6. The summed E-state index contributed by atoms with van der Waals surface area (Å²) in [6.07, 6.45) is 47.6. The van der Waals surface area contributed by atoms with Crippen molar-refractivity contribution >= 4 is 39.5 Å². The van der Waals surface area contributed by atoms with Gasteiger partial charge >= 0.3 is 39.5 Å². The standard InChI is InChI=1S/C68H132O17P2/c1-6-9-12-15-18-20-22-24-25-26-27-28-29-30-32-34-37-43-48-53-67(72)84-63(58-79-66(71)52-47-42-36-33-31-23-21-19-16-13-10-7-2)59-82-86(74,75)80-55-62(69)56-81-87(76,77)83-60-64(57-78-65(70)51-46-41-35-17-14-11-8-3)85-68(73)54-49-44-39-38-40-45-50-61(4)5/h61-64,69H,6-60H2,1-5H3,(H,74,75)(H,76,77)/t62-,63-,64-/m1/s1. The molecular formula is C68H132O17P2. The van der Waals surface area contributed by atoms with Gasteiger partial charge in [-0.1, -0.05) is 298 Å². The number of ether oxygens (including phenoxy) is 4. The van der Waals surface area contributed by atoms with Gasteiger partial charge in [0.05, 0.1) is 26.4 Å². The van der Waals surface area contributed by atoms with Gasteiger partial charge in [-0.05, 0) is 31.6 Å². The summed E-state index contributed by atoms with van der Waals surface area (Å²) < 4.78 is 68.0. The van der Waals surface area contributed by atoms with Crippen molar-refractivity contribution in [3.8, 4) is 0 Å². The van der Waals surface area contributed by atoms with Gasteiger partial charge in [-0.3, -0.25) is 37.3 Å². The molecule has 0 aliphatic rings. The van der Waals surface area contributed by atoms with Crippen LogP contribution in [0.2, 0.25) is 0 Å². The van der Waals surface area contributed by atoms with Gasteiger partial charge in [0.1, 0.15) is 19.3 Å². The summed E-state index contributed by atoms with van der Waals surface area (Å²) in [4.78, 5) is 72.2. The Morgan fingerprint density at radius 3 is 0.782 bits per heavy atom. The van der Waals surface area contributed by atoms with Crippen LogP contribution < -0.4 is 0 Å². The lowest BCUT2D eigenvalue weighted by Crippen LogP contribution is -2.30. The number of carbonyl (C=O) groups is 4. The maximum atomic E-state index is 13.0. The second-order valence-corrected chi connectivity index (χ2v) is 27.9. The number of phosphoric ester groups is 2. The lowest BCUT2D eigenvalue weighted by Gasteiger charge is -2.21. The van der Waals surface area contributed by atoms with Crippen molar-refractivity contribution in [3.63, 3.8) is 0 Å². The number of phosphoric acid groups is 2. The quantitative estimate of drug-likeness (QED) is 0.0222. The van der Waals surface area contributed by atoms with Crippen LogP contribution in [0.1, 0.15) is 349 Å². The first-order chi connectivity index (χ1) is 42.0. The van der Waals surface area contributed by atoms with E-state index in [4.69, 9.17) is 37.0 Å². The normalized spacial score (nSPS) is 14.1. The molecule has 0 rings (SSSR count). The zero-order valence-electron chi connectivity index (χ0n) is 56.2. The second-order valence-electron chi connectivity index (χ2n) is 25.0. The zero-order chi connectivity index (χ0) is 64.2. The summed E-state index contributed by atoms with van der Waals surface area (Å²) in [5, 5.41) is 10.5. The van der Waals surface area contributed by atoms with E-state index in [1.807, 2.05) is 0 Å². The SMILES string of the molecule is CCCCCCCCCCCCCCCCCCCCCC(=O)O[C@H](COC(=O)CCCCCCCCCCCCCC)COP(=O)(O)OC[C@@H](O)COP(=O)(O)OC[C@@H](COC(=O)CCCCCCCCC)OC(=O)CCCCCCCCC(C)C. The average molecular weight is 1280 g/mol. The molecule has 0 aliphatic heterocycles. The van der Waals surface area contributed by atoms with Crippen LogP contribution in [0.5, 0.6) is 0 Å². The Morgan fingerprint density at radius 2 is 0.529 bits per heavy atom. The van der Waals surface area contributed by atoms with E-state index >= 15 is 0 Å². The van der Waals surface area contributed by atoms with Crippen molar-refractivity contribution in [2.75, 3.05) is 39.6 Å². The molecule has 0 aromatic heterocycles. The van der Waals surface area contributed by atoms with Crippen molar-refractivity contribution < 1.29 is 80.2 Å². The molecule has 0 amide bonds. The topological polar surface area (TPSA) is 237 Å². The molecule has 0 saturated heterocycles. The maximum absolute atomic E-state index is 13.0. The molecule has 0 aromatic carbocycles. The minimum absolute atomic E-state index is 0.102. The predicted octanol–water partition coefficient (Wildman–Crippen LogP) is 19.4. The largest absolute Gasteiger partial charge is 0.472 e. The fourth-order valence-corrected chi connectivity index (χ4v) is 11.9. The molecule has 0 saturated carbocycles. The van der Waals surface area contributed by atoms with E-state index in [1.165, 1.54) is 161 Å². The van der Waals surface area contributed by atoms with Crippen molar-refractivity contribution in [2.24, 2.45) is 5.92 Å². The van der Waals surface area contributed by atoms with Crippen LogP contribution >= 0.6 is 15.6 Å². The lowest BCUT2D eigenvalue weighted by atomic mass is 10.0. The van der Waals surface area contributed by atoms with E-state index in [0.29, 0.717) is 31.6 Å². The Morgan fingerprint density at radius 1 is 0.310 bits per heavy atom. The van der Waals surface area contributed by atoms with E-state index < -0.39 is 97.5 Å². The summed E-state index contributed by atoms with van der Waals surface area (Å²) in [5.41, 5.74) is 0. The predicted molar refractivity (Wildman–Crippen MR) is 349 cm³/mol. The van der Waals surface area contributed by atoms with E-state index in [0.717, 1.165) is 103 Å². The van der Waals surface area contributed by atoms with Gasteiger partial charge in [0.2, 0.25) is 0 Å². The number of aliphatic hydroxyl groups excluding tert-OH is 1. The average Bonchev–Trinajstić information content (AvgIpc) is 3.67. The van der Waals surface area contributed by atoms with Gasteiger partial charge in [-0.2, -0.15) is 0 Å². The van der Waals surface area contributed by atoms with Gasteiger partial charge in [0.15, 0.2) is 12.2 Å². The summed E-state index contributed by atoms with van der Waals surface area (Å²) in [5.74, 6) is -1.46. The Balaban J connectivity index is 5.16. The van der Waals surface area contributed by atoms with E-state index in [1.54, 1.807) is 0 Å². The highest BCUT2D eigenvalue weighted by atomic mass is 31.2. The fraction of sp³-hybridized carbons (Fsp3) is 0.941. The number of hydrogen-bond acceptors (Lipinski definition) is 15. The molecular weight excluding hydrogens is 1150 g/mol. The summed E-state index contributed by atoms with van der Waals surface area (Å²) >= 11 is 0. The summed E-state index contributed by atoms with van der Waals surface area (Å²) in [6.45, 7) is 7.09. The minimum atomic E-state index is -4.95. The van der Waals surface area contributed by atoms with Gasteiger partial charge in [-0.25, -0.2) is 9.13 Å². The molecule has 0 heterocycles. The van der Waals surface area contributed by atoms with E-state index in [9.17, 15) is 43.2 Å². The third-order valence-electron chi connectivity index (χ3n) is 15.8. The monoisotopic (exact) mass is 1280 g/mol. The third kappa shape index (κ3) is 62.6. The van der Waals surface area contributed by atoms with Gasteiger partial charge in [-0.15, -0.1) is 0 Å². The molecule has 5 atom stereocenters. The number of unbranched alkanes of at least 4 members (excludes halogenated alkanes) is 40. The van der Waals surface area contributed by atoms with Gasteiger partial charge in [0.25, 0.3) is 0 Å². The molecule has 516 valence electrons. The molecule has 17 nitrogen and oxygen atoms in total. The second kappa shape index (κ2) is 61.6. The van der Waals surface area contributed by atoms with Crippen LogP contribution in [-0.2, 0) is 65.4 Å². The zero-order valence-corrected chi connectivity index (χ0v) is 57.9. The Hall–Kier alpha value is -1.94. The first kappa shape index (κ1) is 85.1. The fourth-order valence-electron chi connectivity index (χ4n) is 10.3. The maximum Gasteiger partial charge on any atom is 0.472 e. The van der Waals surface area contributed by atoms with Crippen molar-refractivity contribution in [1.29, 1.82) is 0 Å². The molecule has 3 N–H and O–H groups in total. The van der Waals surface area contributed by atoms with E-state index in [-0.39, 0.29) is 25.7 Å². The highest BCUT2D eigenvalue weighted by molar-refractivity contribution is 7.47. The lowest BCUT2D eigenvalue weighted by molar-refractivity contribution is -0.161. The van der Waals surface area contributed by atoms with Crippen molar-refractivity contribution in [2.45, 2.75) is 368 Å². The Labute approximate surface area is 530 Å². The van der Waals surface area contributed by atoms with Gasteiger partial charge in [0, 0.05) is 25.7 Å². The number of hydrogen-bond donors (Lipinski definition) is 3. The number of esters is 4. The highest BCUT2D eigenvalue weighted by Crippen LogP contribution is 2.45. The third-order valence-corrected chi connectivity index (χ3v) is 17.7.